The summed E-state index contributed by atoms with van der Waals surface area (Å²) in [4.78, 5) is 2.15. The van der Waals surface area contributed by atoms with E-state index in [1.165, 1.54) is 0 Å². The van der Waals surface area contributed by atoms with Gasteiger partial charge in [0.15, 0.2) is 9.84 Å². The molecule has 2 unspecified atom stereocenters. The lowest BCUT2D eigenvalue weighted by atomic mass is 9.98. The fourth-order valence-corrected chi connectivity index (χ4v) is 3.77. The monoisotopic (exact) mass is 263 g/mol. The van der Waals surface area contributed by atoms with Crippen molar-refractivity contribution in [1.82, 2.24) is 4.90 Å². The zero-order chi connectivity index (χ0) is 12.3. The number of hydrogen-bond acceptors (Lipinski definition) is 5. The number of hydrogen-bond donors (Lipinski definition) is 1. The van der Waals surface area contributed by atoms with Gasteiger partial charge in [0, 0.05) is 25.6 Å². The van der Waals surface area contributed by atoms with Crippen molar-refractivity contribution in [2.45, 2.75) is 18.9 Å². The van der Waals surface area contributed by atoms with Crippen molar-refractivity contribution >= 4 is 9.84 Å². The van der Waals surface area contributed by atoms with E-state index in [0.717, 1.165) is 13.1 Å². The maximum atomic E-state index is 11.5. The van der Waals surface area contributed by atoms with Crippen LogP contribution < -0.4 is 0 Å². The van der Waals surface area contributed by atoms with Gasteiger partial charge in [0.25, 0.3) is 0 Å². The highest BCUT2D eigenvalue weighted by molar-refractivity contribution is 7.91. The Morgan fingerprint density at radius 1 is 1.29 bits per heavy atom. The van der Waals surface area contributed by atoms with Crippen LogP contribution in [-0.2, 0) is 14.6 Å². The second-order valence-electron chi connectivity index (χ2n) is 5.00. The van der Waals surface area contributed by atoms with Gasteiger partial charge in [-0.25, -0.2) is 8.42 Å². The highest BCUT2D eigenvalue weighted by Gasteiger charge is 2.27. The van der Waals surface area contributed by atoms with E-state index in [9.17, 15) is 13.5 Å². The molecule has 0 spiro atoms. The Bertz CT molecular complexity index is 343. The third kappa shape index (κ3) is 3.91. The maximum Gasteiger partial charge on any atom is 0.151 e. The number of aliphatic hydroxyl groups is 1. The van der Waals surface area contributed by atoms with Gasteiger partial charge in [0.2, 0.25) is 0 Å². The molecule has 0 saturated carbocycles. The van der Waals surface area contributed by atoms with Crippen molar-refractivity contribution in [2.24, 2.45) is 5.92 Å². The Balaban J connectivity index is 1.86. The molecule has 2 saturated heterocycles. The highest BCUT2D eigenvalue weighted by Crippen LogP contribution is 2.17. The van der Waals surface area contributed by atoms with E-state index in [1.807, 2.05) is 0 Å². The summed E-state index contributed by atoms with van der Waals surface area (Å²) in [5.41, 5.74) is 0. The minimum absolute atomic E-state index is 0.129. The summed E-state index contributed by atoms with van der Waals surface area (Å²) in [5, 5.41) is 9.85. The van der Waals surface area contributed by atoms with Gasteiger partial charge in [-0.05, 0) is 19.4 Å². The maximum absolute atomic E-state index is 11.5. The molecule has 0 aliphatic carbocycles. The van der Waals surface area contributed by atoms with Crippen molar-refractivity contribution in [3.63, 3.8) is 0 Å². The first-order valence-electron chi connectivity index (χ1n) is 6.25. The lowest BCUT2D eigenvalue weighted by Gasteiger charge is -2.32. The molecule has 2 atom stereocenters. The molecule has 0 aromatic heterocycles. The molecular formula is C11H21NO4S. The largest absolute Gasteiger partial charge is 0.393 e. The quantitative estimate of drug-likeness (QED) is 0.728. The Kier molecular flexibility index (Phi) is 4.41. The number of ether oxygens (including phenoxy) is 1. The smallest absolute Gasteiger partial charge is 0.151 e. The Hall–Kier alpha value is -0.170. The molecule has 0 aromatic carbocycles. The summed E-state index contributed by atoms with van der Waals surface area (Å²) in [6.45, 7) is 3.36. The van der Waals surface area contributed by atoms with Gasteiger partial charge < -0.3 is 14.7 Å². The number of aliphatic hydroxyl groups excluding tert-OH is 1. The summed E-state index contributed by atoms with van der Waals surface area (Å²) in [6.07, 6.45) is 1.09. The van der Waals surface area contributed by atoms with Gasteiger partial charge in [-0.1, -0.05) is 0 Å². The first kappa shape index (κ1) is 13.3. The summed E-state index contributed by atoms with van der Waals surface area (Å²) >= 11 is 0. The lowest BCUT2D eigenvalue weighted by molar-refractivity contribution is -0.0459. The Morgan fingerprint density at radius 3 is 2.88 bits per heavy atom. The molecule has 0 aromatic rings. The summed E-state index contributed by atoms with van der Waals surface area (Å²) in [5.74, 6) is 0.675. The second-order valence-corrected chi connectivity index (χ2v) is 7.30. The van der Waals surface area contributed by atoms with Crippen LogP contribution in [0.2, 0.25) is 0 Å². The van der Waals surface area contributed by atoms with Crippen LogP contribution >= 0.6 is 0 Å². The molecule has 2 rings (SSSR count). The number of rotatable bonds is 2. The van der Waals surface area contributed by atoms with Crippen LogP contribution in [0, 0.1) is 5.92 Å². The fourth-order valence-electron chi connectivity index (χ4n) is 2.46. The van der Waals surface area contributed by atoms with Crippen molar-refractivity contribution < 1.29 is 18.3 Å². The van der Waals surface area contributed by atoms with Crippen molar-refractivity contribution in [1.29, 1.82) is 0 Å². The zero-order valence-electron chi connectivity index (χ0n) is 10.0. The van der Waals surface area contributed by atoms with Gasteiger partial charge in [0.1, 0.15) is 0 Å². The average molecular weight is 263 g/mol. The molecule has 2 fully saturated rings. The van der Waals surface area contributed by atoms with E-state index in [0.29, 0.717) is 38.4 Å². The molecule has 17 heavy (non-hydrogen) atoms. The molecule has 2 aliphatic heterocycles. The van der Waals surface area contributed by atoms with Crippen LogP contribution in [0.4, 0.5) is 0 Å². The predicted octanol–water partition coefficient (Wildman–Crippen LogP) is -0.496. The molecule has 100 valence electrons. The minimum Gasteiger partial charge on any atom is -0.393 e. The topological polar surface area (TPSA) is 66.8 Å². The van der Waals surface area contributed by atoms with E-state index in [-0.39, 0.29) is 17.8 Å². The molecule has 2 heterocycles. The van der Waals surface area contributed by atoms with Crippen LogP contribution in [-0.4, -0.2) is 68.9 Å². The molecule has 0 bridgehead atoms. The molecule has 2 aliphatic rings. The van der Waals surface area contributed by atoms with Crippen LogP contribution in [0.3, 0.4) is 0 Å². The van der Waals surface area contributed by atoms with Crippen molar-refractivity contribution in [3.8, 4) is 0 Å². The van der Waals surface area contributed by atoms with Gasteiger partial charge in [0.05, 0.1) is 24.2 Å². The van der Waals surface area contributed by atoms with Gasteiger partial charge in [-0.3, -0.25) is 0 Å². The molecule has 0 radical (unpaired) electrons. The van der Waals surface area contributed by atoms with E-state index in [1.54, 1.807) is 0 Å². The molecular weight excluding hydrogens is 242 g/mol. The van der Waals surface area contributed by atoms with Crippen LogP contribution in [0.1, 0.15) is 12.8 Å². The SMILES string of the molecule is O=S1(=O)CCCN(CC2COCCC2O)CC1. The number of nitrogens with zero attached hydrogens (tertiary/aromatic N) is 1. The average Bonchev–Trinajstić information content (AvgIpc) is 2.44. The van der Waals surface area contributed by atoms with Gasteiger partial charge in [-0.2, -0.15) is 0 Å². The Labute approximate surface area is 103 Å². The Morgan fingerprint density at radius 2 is 2.12 bits per heavy atom. The zero-order valence-corrected chi connectivity index (χ0v) is 10.9. The number of sulfone groups is 1. The van der Waals surface area contributed by atoms with Gasteiger partial charge >= 0.3 is 0 Å². The molecule has 5 nitrogen and oxygen atoms in total. The van der Waals surface area contributed by atoms with Gasteiger partial charge in [-0.15, -0.1) is 0 Å². The third-order valence-electron chi connectivity index (χ3n) is 3.57. The normalized spacial score (nSPS) is 35.4. The standard InChI is InChI=1S/C11H21NO4S/c13-11-2-5-16-9-10(11)8-12-3-1-6-17(14,15)7-4-12/h10-11,13H,1-9H2. The van der Waals surface area contributed by atoms with E-state index >= 15 is 0 Å². The molecule has 6 heteroatoms. The highest BCUT2D eigenvalue weighted by atomic mass is 32.2. The van der Waals surface area contributed by atoms with Crippen LogP contribution in [0.25, 0.3) is 0 Å². The lowest BCUT2D eigenvalue weighted by Crippen LogP contribution is -2.41. The first-order valence-corrected chi connectivity index (χ1v) is 8.07. The summed E-state index contributed by atoms with van der Waals surface area (Å²) in [6, 6.07) is 0. The third-order valence-corrected chi connectivity index (χ3v) is 5.29. The minimum atomic E-state index is -2.84. The van der Waals surface area contributed by atoms with Crippen molar-refractivity contribution in [3.05, 3.63) is 0 Å². The first-order chi connectivity index (χ1) is 8.07. The van der Waals surface area contributed by atoms with Crippen LogP contribution in [0.15, 0.2) is 0 Å². The predicted molar refractivity (Wildman–Crippen MR) is 64.6 cm³/mol. The molecule has 1 N–H and O–H groups in total. The summed E-state index contributed by atoms with van der Waals surface area (Å²) < 4.78 is 28.3. The van der Waals surface area contributed by atoms with Crippen molar-refractivity contribution in [2.75, 3.05) is 44.4 Å². The van der Waals surface area contributed by atoms with E-state index < -0.39 is 9.84 Å². The summed E-state index contributed by atoms with van der Waals surface area (Å²) in [7, 11) is -2.84. The van der Waals surface area contributed by atoms with E-state index in [4.69, 9.17) is 4.74 Å². The molecule has 0 amide bonds. The fraction of sp³-hybridized carbons (Fsp3) is 1.00. The second kappa shape index (κ2) is 5.65. The van der Waals surface area contributed by atoms with E-state index in [2.05, 4.69) is 4.90 Å². The van der Waals surface area contributed by atoms with Crippen LogP contribution in [0.5, 0.6) is 0 Å².